The van der Waals surface area contributed by atoms with E-state index in [9.17, 15) is 4.79 Å². The van der Waals surface area contributed by atoms with Gasteiger partial charge >= 0.3 is 0 Å². The maximum absolute atomic E-state index is 11.8. The molecule has 6 heteroatoms. The van der Waals surface area contributed by atoms with E-state index in [1.165, 1.54) is 0 Å². The molecule has 1 aliphatic heterocycles. The number of Topliss-reactive ketones (excluding diaryl/α,β-unsaturated/α-hetero) is 1. The fourth-order valence-electron chi connectivity index (χ4n) is 1.97. The van der Waals surface area contributed by atoms with Crippen LogP contribution >= 0.6 is 11.6 Å². The largest absolute Gasteiger partial charge is 0.380 e. The van der Waals surface area contributed by atoms with Crippen molar-refractivity contribution in [3.8, 4) is 11.4 Å². The molecule has 0 N–H and O–H groups in total. The second-order valence-corrected chi connectivity index (χ2v) is 4.75. The highest BCUT2D eigenvalue weighted by Crippen LogP contribution is 2.25. The maximum atomic E-state index is 11.8. The molecule has 2 heterocycles. The summed E-state index contributed by atoms with van der Waals surface area (Å²) in [7, 11) is 0. The topological polar surface area (TPSA) is 65.2 Å². The van der Waals surface area contributed by atoms with Crippen LogP contribution in [0.2, 0.25) is 5.02 Å². The Hall–Kier alpha value is -1.72. The Morgan fingerprint density at radius 3 is 3.05 bits per heavy atom. The number of carbonyl (C=O) groups excluding carboxylic acids is 1. The number of rotatable bonds is 2. The summed E-state index contributed by atoms with van der Waals surface area (Å²) in [6.07, 6.45) is 0.388. The van der Waals surface area contributed by atoms with Crippen molar-refractivity contribution in [1.82, 2.24) is 10.1 Å². The molecule has 1 aromatic heterocycles. The minimum Gasteiger partial charge on any atom is -0.380 e. The van der Waals surface area contributed by atoms with Gasteiger partial charge < -0.3 is 9.26 Å². The van der Waals surface area contributed by atoms with E-state index in [4.69, 9.17) is 20.9 Å². The van der Waals surface area contributed by atoms with Crippen LogP contribution in [0.25, 0.3) is 11.4 Å². The van der Waals surface area contributed by atoms with E-state index in [-0.39, 0.29) is 5.78 Å². The number of hydrogen-bond donors (Lipinski definition) is 0. The average Bonchev–Trinajstić information content (AvgIpc) is 2.89. The van der Waals surface area contributed by atoms with Gasteiger partial charge in [-0.1, -0.05) is 28.9 Å². The van der Waals surface area contributed by atoms with E-state index in [1.54, 1.807) is 12.1 Å². The van der Waals surface area contributed by atoms with Gasteiger partial charge in [-0.2, -0.15) is 4.98 Å². The van der Waals surface area contributed by atoms with E-state index in [2.05, 4.69) is 10.1 Å². The van der Waals surface area contributed by atoms with Gasteiger partial charge in [0.2, 0.25) is 11.7 Å². The van der Waals surface area contributed by atoms with Gasteiger partial charge in [0.15, 0.2) is 0 Å². The van der Waals surface area contributed by atoms with Crippen LogP contribution in [0, 0.1) is 0 Å². The predicted molar refractivity (Wildman–Crippen MR) is 67.9 cm³/mol. The molecule has 3 rings (SSSR count). The minimum atomic E-state index is -0.450. The monoisotopic (exact) mass is 278 g/mol. The third-order valence-corrected chi connectivity index (χ3v) is 3.22. The standard InChI is InChI=1S/C13H11ClN2O3/c14-9-3-1-2-8(6-9)12-15-13(19-16-12)10-7-18-5-4-11(10)17/h1-3,6,10H,4-5,7H2. The van der Waals surface area contributed by atoms with Crippen LogP contribution in [0.4, 0.5) is 0 Å². The number of hydrogen-bond acceptors (Lipinski definition) is 5. The van der Waals surface area contributed by atoms with E-state index in [0.29, 0.717) is 36.4 Å². The van der Waals surface area contributed by atoms with E-state index in [1.807, 2.05) is 12.1 Å². The SMILES string of the molecule is O=C1CCOCC1c1nc(-c2cccc(Cl)c2)no1. The summed E-state index contributed by atoms with van der Waals surface area (Å²) in [6, 6.07) is 7.15. The molecule has 5 nitrogen and oxygen atoms in total. The summed E-state index contributed by atoms with van der Waals surface area (Å²) in [5, 5.41) is 4.48. The van der Waals surface area contributed by atoms with Gasteiger partial charge in [0.1, 0.15) is 11.7 Å². The molecule has 1 atom stereocenters. The molecular weight excluding hydrogens is 268 g/mol. The maximum Gasteiger partial charge on any atom is 0.239 e. The number of halogens is 1. The van der Waals surface area contributed by atoms with Crippen molar-refractivity contribution >= 4 is 17.4 Å². The lowest BCUT2D eigenvalue weighted by Crippen LogP contribution is -2.25. The fraction of sp³-hybridized carbons (Fsp3) is 0.308. The van der Waals surface area contributed by atoms with Crippen molar-refractivity contribution in [1.29, 1.82) is 0 Å². The zero-order valence-electron chi connectivity index (χ0n) is 10.0. The molecule has 0 aliphatic carbocycles. The lowest BCUT2D eigenvalue weighted by atomic mass is 10.0. The molecule has 1 saturated heterocycles. The zero-order chi connectivity index (χ0) is 13.2. The van der Waals surface area contributed by atoms with E-state index >= 15 is 0 Å². The summed E-state index contributed by atoms with van der Waals surface area (Å²) in [4.78, 5) is 16.0. The number of ketones is 1. The van der Waals surface area contributed by atoms with Gasteiger partial charge in [-0.25, -0.2) is 0 Å². The highest BCUT2D eigenvalue weighted by atomic mass is 35.5. The zero-order valence-corrected chi connectivity index (χ0v) is 10.8. The van der Waals surface area contributed by atoms with E-state index < -0.39 is 5.92 Å². The molecule has 0 saturated carbocycles. The summed E-state index contributed by atoms with van der Waals surface area (Å²) in [5.41, 5.74) is 0.756. The summed E-state index contributed by atoms with van der Waals surface area (Å²) in [6.45, 7) is 0.765. The molecule has 1 fully saturated rings. The molecule has 0 radical (unpaired) electrons. The Morgan fingerprint density at radius 2 is 2.26 bits per heavy atom. The highest BCUT2D eigenvalue weighted by Gasteiger charge is 2.29. The summed E-state index contributed by atoms with van der Waals surface area (Å²) in [5.74, 6) is 0.359. The Kier molecular flexibility index (Phi) is 3.31. The molecule has 0 spiro atoms. The normalized spacial score (nSPS) is 19.6. The average molecular weight is 279 g/mol. The number of benzene rings is 1. The molecule has 1 aliphatic rings. The highest BCUT2D eigenvalue weighted by molar-refractivity contribution is 6.30. The van der Waals surface area contributed by atoms with E-state index in [0.717, 1.165) is 5.56 Å². The first-order valence-electron chi connectivity index (χ1n) is 5.94. The second kappa shape index (κ2) is 5.11. The molecule has 0 bridgehead atoms. The first-order valence-corrected chi connectivity index (χ1v) is 6.32. The van der Waals surface area contributed by atoms with Crippen LogP contribution in [0.15, 0.2) is 28.8 Å². The van der Waals surface area contributed by atoms with Crippen LogP contribution in [0.3, 0.4) is 0 Å². The number of nitrogens with zero attached hydrogens (tertiary/aromatic N) is 2. The Morgan fingerprint density at radius 1 is 1.37 bits per heavy atom. The second-order valence-electron chi connectivity index (χ2n) is 4.31. The Bertz CT molecular complexity index is 611. The molecule has 0 amide bonds. The van der Waals surface area contributed by atoms with Gasteiger partial charge in [-0.3, -0.25) is 4.79 Å². The first-order chi connectivity index (χ1) is 9.24. The van der Waals surface area contributed by atoms with Gasteiger partial charge in [-0.05, 0) is 12.1 Å². The van der Waals surface area contributed by atoms with Crippen molar-refractivity contribution < 1.29 is 14.1 Å². The smallest absolute Gasteiger partial charge is 0.239 e. The third-order valence-electron chi connectivity index (χ3n) is 2.99. The van der Waals surface area contributed by atoms with Crippen molar-refractivity contribution in [3.63, 3.8) is 0 Å². The van der Waals surface area contributed by atoms with Crippen molar-refractivity contribution in [3.05, 3.63) is 35.2 Å². The molecule has 1 aromatic carbocycles. The molecule has 19 heavy (non-hydrogen) atoms. The lowest BCUT2D eigenvalue weighted by molar-refractivity contribution is -0.127. The number of carbonyl (C=O) groups is 1. The third kappa shape index (κ3) is 2.52. The number of aromatic nitrogens is 2. The quantitative estimate of drug-likeness (QED) is 0.844. The van der Waals surface area contributed by atoms with Gasteiger partial charge in [-0.15, -0.1) is 0 Å². The van der Waals surface area contributed by atoms with Crippen LogP contribution in [-0.4, -0.2) is 29.1 Å². The summed E-state index contributed by atoms with van der Waals surface area (Å²) < 4.78 is 10.4. The minimum absolute atomic E-state index is 0.0764. The van der Waals surface area contributed by atoms with Crippen molar-refractivity contribution in [2.24, 2.45) is 0 Å². The molecular formula is C13H11ClN2O3. The Labute approximate surface area is 114 Å². The van der Waals surface area contributed by atoms with Crippen molar-refractivity contribution in [2.75, 3.05) is 13.2 Å². The summed E-state index contributed by atoms with van der Waals surface area (Å²) >= 11 is 5.91. The lowest BCUT2D eigenvalue weighted by Gasteiger charge is -2.16. The number of ether oxygens (including phenoxy) is 1. The fourth-order valence-corrected chi connectivity index (χ4v) is 2.16. The predicted octanol–water partition coefficient (Wildman–Crippen LogP) is 2.46. The first kappa shape index (κ1) is 12.3. The molecule has 98 valence electrons. The Balaban J connectivity index is 1.89. The van der Waals surface area contributed by atoms with Crippen LogP contribution in [-0.2, 0) is 9.53 Å². The van der Waals surface area contributed by atoms with Gasteiger partial charge in [0.25, 0.3) is 0 Å². The van der Waals surface area contributed by atoms with Gasteiger partial charge in [0.05, 0.1) is 13.2 Å². The van der Waals surface area contributed by atoms with Crippen LogP contribution in [0.1, 0.15) is 18.2 Å². The van der Waals surface area contributed by atoms with Crippen LogP contribution in [0.5, 0.6) is 0 Å². The molecule has 1 unspecified atom stereocenters. The van der Waals surface area contributed by atoms with Crippen LogP contribution < -0.4 is 0 Å². The van der Waals surface area contributed by atoms with Gasteiger partial charge in [0, 0.05) is 17.0 Å². The molecule has 2 aromatic rings. The van der Waals surface area contributed by atoms with Crippen molar-refractivity contribution in [2.45, 2.75) is 12.3 Å².